The lowest BCUT2D eigenvalue weighted by Crippen LogP contribution is -2.48. The minimum Gasteiger partial charge on any atom is -0.508 e. The molecule has 0 unspecified atom stereocenters. The third-order valence-electron chi connectivity index (χ3n) is 13.8. The zero-order valence-corrected chi connectivity index (χ0v) is 41.5. The summed E-state index contributed by atoms with van der Waals surface area (Å²) < 4.78 is 18.1. The Morgan fingerprint density at radius 1 is 0.817 bits per heavy atom. The second-order valence-electron chi connectivity index (χ2n) is 19.0. The number of benzene rings is 2. The number of ether oxygens (including phenoxy) is 3. The fourth-order valence-corrected chi connectivity index (χ4v) is 10.9. The van der Waals surface area contributed by atoms with E-state index in [1.165, 1.54) is 10.9 Å². The lowest BCUT2D eigenvalue weighted by molar-refractivity contribution is -0.134. The number of morpholine rings is 1. The Balaban J connectivity index is 0.621. The van der Waals surface area contributed by atoms with E-state index in [0.29, 0.717) is 95.7 Å². The normalized spacial score (nSPS) is 17.1. The minimum absolute atomic E-state index is 0.00546. The van der Waals surface area contributed by atoms with Crippen molar-refractivity contribution >= 4 is 51.0 Å². The number of piperidine rings is 1. The van der Waals surface area contributed by atoms with Gasteiger partial charge in [-0.05, 0) is 66.2 Å². The maximum atomic E-state index is 13.4. The van der Waals surface area contributed by atoms with Crippen molar-refractivity contribution in [3.8, 4) is 22.9 Å². The quantitative estimate of drug-likeness (QED) is 0.0896. The Morgan fingerprint density at radius 3 is 2.28 bits per heavy atom. The topological polar surface area (TPSA) is 225 Å². The van der Waals surface area contributed by atoms with Gasteiger partial charge in [0.15, 0.2) is 11.6 Å². The SMILES string of the molecule is CC(C)c1cc(C(=O)N2Cc3ccc(CN4CCC(C(=O)NCCOCCOCCC(=O)N5CCN(Cc6cc7nc(-c8cnc(N)nc8)nc(N8CCOCC8)c7s6)CC5)CC4)cc3C2)c(O)cc1O. The number of nitrogens with one attached hydrogen (secondary N) is 1. The van der Waals surface area contributed by atoms with Crippen LogP contribution >= 0.6 is 11.3 Å². The molecule has 378 valence electrons. The molecule has 3 amide bonds. The summed E-state index contributed by atoms with van der Waals surface area (Å²) in [5, 5.41) is 23.8. The lowest BCUT2D eigenvalue weighted by atomic mass is 9.95. The number of phenols is 2. The number of fused-ring (bicyclic) bond motifs is 2. The van der Waals surface area contributed by atoms with Crippen molar-refractivity contribution in [2.75, 3.05) is 109 Å². The standard InChI is InChI=1S/C51H65N11O8S/c1-33(2)40-25-41(44(64)26-43(40)63)50(67)62-30-36-4-3-34(23-37(36)31-62)29-58-9-5-35(6-10-58)49(66)53-8-18-69-22-21-68-17-7-45(65)60-13-11-59(12-14-60)32-39-24-42-46(71-39)48(61-15-19-70-20-16-61)57-47(56-42)38-27-54-51(52)55-28-38/h3-4,23-28,33,35,63-64H,5-22,29-32H2,1-2H3,(H,53,66)(H2,52,54,55). The largest absolute Gasteiger partial charge is 0.508 e. The third-order valence-corrected chi connectivity index (χ3v) is 14.9. The van der Waals surface area contributed by atoms with Crippen LogP contribution in [0, 0.1) is 5.92 Å². The highest BCUT2D eigenvalue weighted by Crippen LogP contribution is 2.37. The first-order chi connectivity index (χ1) is 34.4. The number of anilines is 2. The average Bonchev–Trinajstić information content (AvgIpc) is 4.00. The number of carbonyl (C=O) groups excluding carboxylic acids is 3. The van der Waals surface area contributed by atoms with Crippen LogP contribution in [0.15, 0.2) is 48.8 Å². The van der Waals surface area contributed by atoms with Crippen molar-refractivity contribution in [1.82, 2.24) is 44.9 Å². The van der Waals surface area contributed by atoms with Gasteiger partial charge in [0.25, 0.3) is 5.91 Å². The first kappa shape index (κ1) is 49.9. The van der Waals surface area contributed by atoms with Crippen molar-refractivity contribution in [3.63, 3.8) is 0 Å². The van der Waals surface area contributed by atoms with Crippen molar-refractivity contribution in [1.29, 1.82) is 0 Å². The number of amides is 3. The van der Waals surface area contributed by atoms with Crippen LogP contribution in [0.3, 0.4) is 0 Å². The van der Waals surface area contributed by atoms with Crippen LogP contribution in [0.5, 0.6) is 11.5 Å². The van der Waals surface area contributed by atoms with E-state index in [4.69, 9.17) is 29.9 Å². The number of piperazine rings is 1. The van der Waals surface area contributed by atoms with Crippen LogP contribution in [0.25, 0.3) is 21.6 Å². The van der Waals surface area contributed by atoms with Crippen LogP contribution in [-0.2, 0) is 50.0 Å². The molecule has 4 aliphatic heterocycles. The molecule has 9 rings (SSSR count). The molecule has 71 heavy (non-hydrogen) atoms. The molecular weight excluding hydrogens is 927 g/mol. The van der Waals surface area contributed by atoms with Crippen molar-refractivity contribution < 1.29 is 38.8 Å². The molecule has 3 aromatic heterocycles. The summed E-state index contributed by atoms with van der Waals surface area (Å²) in [6, 6.07) is 11.4. The zero-order valence-electron chi connectivity index (χ0n) is 40.7. The van der Waals surface area contributed by atoms with E-state index < -0.39 is 0 Å². The molecule has 0 spiro atoms. The highest BCUT2D eigenvalue weighted by Gasteiger charge is 2.30. The summed E-state index contributed by atoms with van der Waals surface area (Å²) in [6.45, 7) is 15.5. The highest BCUT2D eigenvalue weighted by atomic mass is 32.1. The van der Waals surface area contributed by atoms with Gasteiger partial charge in [-0.1, -0.05) is 32.0 Å². The molecule has 4 aliphatic rings. The van der Waals surface area contributed by atoms with E-state index >= 15 is 0 Å². The van der Waals surface area contributed by atoms with Crippen LogP contribution in [0.4, 0.5) is 11.8 Å². The second-order valence-corrected chi connectivity index (χ2v) is 20.2. The molecule has 0 aliphatic carbocycles. The molecule has 0 radical (unpaired) electrons. The number of aromatic nitrogens is 4. The first-order valence-corrected chi connectivity index (χ1v) is 25.6. The fraction of sp³-hybridized carbons (Fsp3) is 0.510. The first-order valence-electron chi connectivity index (χ1n) is 24.8. The number of hydrogen-bond donors (Lipinski definition) is 4. The summed E-state index contributed by atoms with van der Waals surface area (Å²) in [6.07, 6.45) is 5.18. The fourth-order valence-electron chi connectivity index (χ4n) is 9.72. The number of phenolic OH excluding ortho intramolecular Hbond substituents is 2. The third kappa shape index (κ3) is 12.4. The van der Waals surface area contributed by atoms with Crippen LogP contribution in [-0.4, -0.2) is 166 Å². The summed E-state index contributed by atoms with van der Waals surface area (Å²) >= 11 is 1.71. The molecular formula is C51H65N11O8S. The average molecular weight is 992 g/mol. The van der Waals surface area contributed by atoms with Crippen LogP contribution < -0.4 is 16.0 Å². The number of thiophene rings is 1. The number of aromatic hydroxyl groups is 2. The van der Waals surface area contributed by atoms with Gasteiger partial charge in [0.05, 0.1) is 67.4 Å². The molecule has 7 heterocycles. The molecule has 3 saturated heterocycles. The Labute approximate surface area is 417 Å². The maximum Gasteiger partial charge on any atom is 0.258 e. The predicted molar refractivity (Wildman–Crippen MR) is 269 cm³/mol. The van der Waals surface area contributed by atoms with E-state index in [9.17, 15) is 24.6 Å². The summed E-state index contributed by atoms with van der Waals surface area (Å²) in [5.74, 6) is 1.28. The van der Waals surface area contributed by atoms with Crippen LogP contribution in [0.1, 0.15) is 76.5 Å². The number of likely N-dealkylation sites (tertiary alicyclic amines) is 1. The highest BCUT2D eigenvalue weighted by molar-refractivity contribution is 7.19. The van der Waals surface area contributed by atoms with E-state index in [1.54, 1.807) is 34.7 Å². The van der Waals surface area contributed by atoms with Gasteiger partial charge >= 0.3 is 0 Å². The predicted octanol–water partition coefficient (Wildman–Crippen LogP) is 4.35. The summed E-state index contributed by atoms with van der Waals surface area (Å²) in [5.41, 5.74) is 11.5. The minimum atomic E-state index is -0.259. The molecule has 20 heteroatoms. The molecule has 0 saturated carbocycles. The number of carbonyl (C=O) groups is 3. The van der Waals surface area contributed by atoms with Gasteiger partial charge in [0.1, 0.15) is 11.5 Å². The van der Waals surface area contributed by atoms with Crippen LogP contribution in [0.2, 0.25) is 0 Å². The number of hydrogen-bond acceptors (Lipinski definition) is 17. The molecule has 5 aromatic rings. The van der Waals surface area contributed by atoms with E-state index in [1.807, 2.05) is 18.7 Å². The number of rotatable bonds is 18. The smallest absolute Gasteiger partial charge is 0.258 e. The molecule has 0 atom stereocenters. The van der Waals surface area contributed by atoms with Crippen molar-refractivity contribution in [2.24, 2.45) is 5.92 Å². The molecule has 19 nitrogen and oxygen atoms in total. The molecule has 3 fully saturated rings. The van der Waals surface area contributed by atoms with E-state index in [-0.39, 0.29) is 52.6 Å². The number of nitrogen functional groups attached to an aromatic ring is 1. The monoisotopic (exact) mass is 991 g/mol. The van der Waals surface area contributed by atoms with Gasteiger partial charge in [-0.25, -0.2) is 19.9 Å². The summed E-state index contributed by atoms with van der Waals surface area (Å²) in [7, 11) is 0. The van der Waals surface area contributed by atoms with E-state index in [2.05, 4.69) is 54.2 Å². The number of nitrogens with zero attached hydrogens (tertiary/aromatic N) is 9. The van der Waals surface area contributed by atoms with Gasteiger partial charge in [0, 0.05) is 101 Å². The molecule has 5 N–H and O–H groups in total. The van der Waals surface area contributed by atoms with Crippen molar-refractivity contribution in [3.05, 3.63) is 81.5 Å². The Morgan fingerprint density at radius 2 is 1.54 bits per heavy atom. The van der Waals surface area contributed by atoms with Gasteiger partial charge < -0.3 is 50.2 Å². The van der Waals surface area contributed by atoms with E-state index in [0.717, 1.165) is 97.9 Å². The van der Waals surface area contributed by atoms with Gasteiger partial charge in [-0.3, -0.25) is 24.2 Å². The van der Waals surface area contributed by atoms with Gasteiger partial charge in [0.2, 0.25) is 17.8 Å². The summed E-state index contributed by atoms with van der Waals surface area (Å²) in [4.78, 5) is 69.4. The maximum absolute atomic E-state index is 13.4. The van der Waals surface area contributed by atoms with Crippen molar-refractivity contribution in [2.45, 2.75) is 65.2 Å². The van der Waals surface area contributed by atoms with Gasteiger partial charge in [-0.15, -0.1) is 11.3 Å². The molecule has 0 bridgehead atoms. The lowest BCUT2D eigenvalue weighted by Gasteiger charge is -2.34. The second kappa shape index (κ2) is 23.0. The number of nitrogens with two attached hydrogens (primary N) is 1. The zero-order chi connectivity index (χ0) is 49.4. The Kier molecular flexibility index (Phi) is 16.2. The molecule has 2 aromatic carbocycles. The Hall–Kier alpha value is -6.03. The Bertz CT molecular complexity index is 2660. The van der Waals surface area contributed by atoms with Gasteiger partial charge in [-0.2, -0.15) is 0 Å².